The van der Waals surface area contributed by atoms with Gasteiger partial charge in [0, 0.05) is 40.2 Å². The molecule has 3 N–H and O–H groups in total. The molecule has 1 aliphatic heterocycles. The second-order valence-electron chi connectivity index (χ2n) is 12.9. The molecule has 1 fully saturated rings. The summed E-state index contributed by atoms with van der Waals surface area (Å²) in [6, 6.07) is 44.9. The number of benzene rings is 5. The number of nitrogens with zero attached hydrogens (tertiary/aromatic N) is 3. The number of hydrogen-bond acceptors (Lipinski definition) is 4. The number of hydrogen-bond donors (Lipinski definition) is 3. The van der Waals surface area contributed by atoms with E-state index in [0.717, 1.165) is 50.1 Å². The van der Waals surface area contributed by atoms with Crippen molar-refractivity contribution in [3.05, 3.63) is 179 Å². The number of hydrazone groups is 1. The van der Waals surface area contributed by atoms with Gasteiger partial charge in [0.15, 0.2) is 0 Å². The molecule has 7 aromatic rings. The van der Waals surface area contributed by atoms with Crippen LogP contribution in [-0.4, -0.2) is 32.6 Å². The first-order chi connectivity index (χ1) is 24.6. The molecule has 2 aromatic heterocycles. The van der Waals surface area contributed by atoms with Crippen LogP contribution in [0.4, 0.5) is 5.69 Å². The van der Waals surface area contributed by atoms with Gasteiger partial charge in [-0.15, -0.1) is 0 Å². The minimum atomic E-state index is -0.672. The highest BCUT2D eigenvalue weighted by atomic mass is 16.2. The van der Waals surface area contributed by atoms with Crippen LogP contribution >= 0.6 is 0 Å². The van der Waals surface area contributed by atoms with Gasteiger partial charge in [-0.3, -0.25) is 9.59 Å². The summed E-state index contributed by atoms with van der Waals surface area (Å²) in [6.07, 6.45) is 6.35. The van der Waals surface area contributed by atoms with Crippen LogP contribution in [0, 0.1) is 5.92 Å². The van der Waals surface area contributed by atoms with Gasteiger partial charge in [-0.2, -0.15) is 5.10 Å². The standard InChI is InChI=1S/C42H32N6O2/c49-40(45-31-21-34-38-35(24-44-47-41(34)50)39(46-36(38)22-31)27-13-5-1-6-14-27)33-23-32(33)37-25-48(26-43-37)42(28-15-7-2-8-16-28,29-17-9-3-10-18-29)30-19-11-4-12-20-30/h1-22,24-26,32-33,46H,23H2,(H,45,49)(H,47,50). The van der Waals surface area contributed by atoms with E-state index in [1.165, 1.54) is 0 Å². The fourth-order valence-corrected chi connectivity index (χ4v) is 7.53. The van der Waals surface area contributed by atoms with E-state index in [9.17, 15) is 9.59 Å². The number of aromatic nitrogens is 3. The molecule has 2 atom stereocenters. The van der Waals surface area contributed by atoms with Gasteiger partial charge in [0.2, 0.25) is 5.91 Å². The van der Waals surface area contributed by atoms with Crippen LogP contribution in [0.25, 0.3) is 22.2 Å². The number of anilines is 1. The van der Waals surface area contributed by atoms with Crippen LogP contribution in [-0.2, 0) is 10.3 Å². The number of amides is 2. The van der Waals surface area contributed by atoms with E-state index < -0.39 is 5.54 Å². The van der Waals surface area contributed by atoms with Crippen LogP contribution in [0.5, 0.6) is 0 Å². The van der Waals surface area contributed by atoms with E-state index in [1.807, 2.05) is 60.9 Å². The Bertz CT molecular complexity index is 2300. The van der Waals surface area contributed by atoms with Crippen molar-refractivity contribution in [3.8, 4) is 11.3 Å². The molecule has 9 rings (SSSR count). The molecule has 8 nitrogen and oxygen atoms in total. The van der Waals surface area contributed by atoms with Crippen LogP contribution in [0.15, 0.2) is 151 Å². The minimum absolute atomic E-state index is 0.0278. The Labute approximate surface area is 288 Å². The first kappa shape index (κ1) is 29.6. The van der Waals surface area contributed by atoms with Crippen LogP contribution in [0.3, 0.4) is 0 Å². The monoisotopic (exact) mass is 652 g/mol. The average molecular weight is 653 g/mol. The largest absolute Gasteiger partial charge is 0.354 e. The van der Waals surface area contributed by atoms with Crippen molar-refractivity contribution in [2.45, 2.75) is 17.9 Å². The van der Waals surface area contributed by atoms with Crippen molar-refractivity contribution in [2.24, 2.45) is 11.0 Å². The number of imidazole rings is 1. The molecule has 2 aliphatic rings. The summed E-state index contributed by atoms with van der Waals surface area (Å²) in [4.78, 5) is 35.2. The molecule has 1 aliphatic carbocycles. The zero-order valence-electron chi connectivity index (χ0n) is 27.0. The quantitative estimate of drug-likeness (QED) is 0.147. The van der Waals surface area contributed by atoms with Gasteiger partial charge in [0.25, 0.3) is 5.91 Å². The van der Waals surface area contributed by atoms with Gasteiger partial charge in [-0.05, 0) is 40.8 Å². The lowest BCUT2D eigenvalue weighted by Crippen LogP contribution is -2.36. The maximum atomic E-state index is 13.7. The van der Waals surface area contributed by atoms with Crippen LogP contribution in [0.2, 0.25) is 0 Å². The number of H-pyrrole nitrogens is 1. The molecular weight excluding hydrogens is 621 g/mol. The van der Waals surface area contributed by atoms with E-state index >= 15 is 0 Å². The molecule has 2 unspecified atom stereocenters. The van der Waals surface area contributed by atoms with Gasteiger partial charge in [-0.25, -0.2) is 10.4 Å². The number of carbonyl (C=O) groups excluding carboxylic acids is 2. The molecule has 0 radical (unpaired) electrons. The van der Waals surface area contributed by atoms with E-state index in [4.69, 9.17) is 4.98 Å². The summed E-state index contributed by atoms with van der Waals surface area (Å²) in [5.41, 5.74) is 10.6. The molecule has 2 amide bonds. The van der Waals surface area contributed by atoms with Gasteiger partial charge < -0.3 is 14.9 Å². The maximum Gasteiger partial charge on any atom is 0.272 e. The Kier molecular flexibility index (Phi) is 7.02. The number of nitrogens with one attached hydrogen (secondary N) is 3. The predicted molar refractivity (Wildman–Crippen MR) is 195 cm³/mol. The smallest absolute Gasteiger partial charge is 0.272 e. The summed E-state index contributed by atoms with van der Waals surface area (Å²) in [5.74, 6) is -0.700. The van der Waals surface area contributed by atoms with Crippen molar-refractivity contribution in [1.82, 2.24) is 20.0 Å². The third-order valence-corrected chi connectivity index (χ3v) is 9.94. The third kappa shape index (κ3) is 4.84. The zero-order valence-corrected chi connectivity index (χ0v) is 27.0. The average Bonchev–Trinajstić information content (AvgIpc) is 3.73. The van der Waals surface area contributed by atoms with Crippen molar-refractivity contribution in [1.29, 1.82) is 0 Å². The molecule has 1 saturated carbocycles. The molecule has 3 heterocycles. The first-order valence-corrected chi connectivity index (χ1v) is 16.7. The van der Waals surface area contributed by atoms with Gasteiger partial charge in [0.1, 0.15) is 5.54 Å². The Morgan fingerprint density at radius 1 is 0.800 bits per heavy atom. The first-order valence-electron chi connectivity index (χ1n) is 16.7. The van der Waals surface area contributed by atoms with Crippen molar-refractivity contribution in [2.75, 3.05) is 5.32 Å². The molecule has 0 spiro atoms. The Morgan fingerprint density at radius 3 is 2.02 bits per heavy atom. The summed E-state index contributed by atoms with van der Waals surface area (Å²) in [6.45, 7) is 0. The Balaban J connectivity index is 1.04. The molecular formula is C42H32N6O2. The highest BCUT2D eigenvalue weighted by Crippen LogP contribution is 2.49. The Hall–Kier alpha value is -6.54. The molecule has 0 bridgehead atoms. The van der Waals surface area contributed by atoms with Crippen LogP contribution in [0.1, 0.15) is 50.6 Å². The molecule has 8 heteroatoms. The third-order valence-electron chi connectivity index (χ3n) is 9.94. The van der Waals surface area contributed by atoms with E-state index in [-0.39, 0.29) is 23.7 Å². The van der Waals surface area contributed by atoms with E-state index in [0.29, 0.717) is 17.7 Å². The summed E-state index contributed by atoms with van der Waals surface area (Å²) >= 11 is 0. The predicted octanol–water partition coefficient (Wildman–Crippen LogP) is 7.69. The molecule has 0 saturated heterocycles. The Morgan fingerprint density at radius 2 is 1.40 bits per heavy atom. The SMILES string of the molecule is O=C1NN=Cc2c(-c3ccccc3)[nH]c3cc(NC(=O)C4CC4c4cn(C(c5ccccc5)(c5ccccc5)c5ccccc5)cn4)cc1c23. The van der Waals surface area contributed by atoms with Crippen molar-refractivity contribution in [3.63, 3.8) is 0 Å². The lowest BCUT2D eigenvalue weighted by molar-refractivity contribution is -0.117. The van der Waals surface area contributed by atoms with Gasteiger partial charge in [0.05, 0.1) is 29.5 Å². The summed E-state index contributed by atoms with van der Waals surface area (Å²) in [7, 11) is 0. The van der Waals surface area contributed by atoms with E-state index in [2.05, 4.69) is 104 Å². The topological polar surface area (TPSA) is 104 Å². The fraction of sp³-hybridized carbons (Fsp3) is 0.0952. The second kappa shape index (κ2) is 11.9. The molecule has 242 valence electrons. The fourth-order valence-electron chi connectivity index (χ4n) is 7.53. The summed E-state index contributed by atoms with van der Waals surface area (Å²) < 4.78 is 2.19. The number of rotatable bonds is 8. The van der Waals surface area contributed by atoms with Crippen LogP contribution < -0.4 is 10.7 Å². The number of aromatic amines is 1. The lowest BCUT2D eigenvalue weighted by Gasteiger charge is -2.37. The molecule has 50 heavy (non-hydrogen) atoms. The molecule has 5 aromatic carbocycles. The van der Waals surface area contributed by atoms with Crippen molar-refractivity contribution < 1.29 is 9.59 Å². The highest BCUT2D eigenvalue weighted by molar-refractivity contribution is 6.18. The number of carbonyl (C=O) groups is 2. The lowest BCUT2D eigenvalue weighted by atomic mass is 9.77. The normalized spacial score (nSPS) is 16.5. The zero-order chi connectivity index (χ0) is 33.7. The second-order valence-corrected chi connectivity index (χ2v) is 12.9. The highest BCUT2D eigenvalue weighted by Gasteiger charge is 2.47. The maximum absolute atomic E-state index is 13.7. The van der Waals surface area contributed by atoms with Gasteiger partial charge >= 0.3 is 0 Å². The van der Waals surface area contributed by atoms with Crippen molar-refractivity contribution >= 4 is 34.6 Å². The minimum Gasteiger partial charge on any atom is -0.354 e. The van der Waals surface area contributed by atoms with E-state index in [1.54, 1.807) is 12.3 Å². The summed E-state index contributed by atoms with van der Waals surface area (Å²) in [5, 5.41) is 8.04. The van der Waals surface area contributed by atoms with Gasteiger partial charge in [-0.1, -0.05) is 121 Å².